The van der Waals surface area contributed by atoms with Crippen LogP contribution in [0.3, 0.4) is 0 Å². The number of ketones is 3. The maximum atomic E-state index is 13.3. The third kappa shape index (κ3) is 3.34. The van der Waals surface area contributed by atoms with E-state index in [1.165, 1.54) is 35.7 Å². The third-order valence-corrected chi connectivity index (χ3v) is 13.3. The second-order valence-corrected chi connectivity index (χ2v) is 15.0. The van der Waals surface area contributed by atoms with Gasteiger partial charge in [0.1, 0.15) is 0 Å². The molecule has 2 aromatic carbocycles. The van der Waals surface area contributed by atoms with Gasteiger partial charge in [-0.15, -0.1) is 34.0 Å². The maximum absolute atomic E-state index is 13.3. The Kier molecular flexibility index (Phi) is 5.26. The zero-order valence-electron chi connectivity index (χ0n) is 22.6. The minimum Gasteiger partial charge on any atom is -0.289 e. The first kappa shape index (κ1) is 24.8. The lowest BCUT2D eigenvalue weighted by atomic mass is 9.67. The minimum absolute atomic E-state index is 0.145. The summed E-state index contributed by atoms with van der Waals surface area (Å²) in [6, 6.07) is 17.3. The largest absolute Gasteiger partial charge is 0.289 e. The van der Waals surface area contributed by atoms with Crippen LogP contribution in [-0.2, 0) is 11.8 Å². The molecule has 5 aromatic rings. The van der Waals surface area contributed by atoms with Crippen molar-refractivity contribution in [1.82, 2.24) is 0 Å². The molecule has 6 heteroatoms. The molecule has 3 aromatic heterocycles. The molecule has 204 valence electrons. The van der Waals surface area contributed by atoms with Gasteiger partial charge in [0.15, 0.2) is 17.3 Å². The van der Waals surface area contributed by atoms with E-state index in [0.717, 1.165) is 52.8 Å². The fourth-order valence-electron chi connectivity index (χ4n) is 7.54. The van der Waals surface area contributed by atoms with Gasteiger partial charge >= 0.3 is 0 Å². The second kappa shape index (κ2) is 8.90. The smallest absolute Gasteiger partial charge is 0.197 e. The van der Waals surface area contributed by atoms with E-state index in [1.807, 2.05) is 65.1 Å². The van der Waals surface area contributed by atoms with Crippen LogP contribution in [0.1, 0.15) is 84.1 Å². The van der Waals surface area contributed by atoms with Gasteiger partial charge in [0.25, 0.3) is 0 Å². The lowest BCUT2D eigenvalue weighted by molar-refractivity contribution is 0.0986. The normalized spacial score (nSPS) is 19.8. The van der Waals surface area contributed by atoms with Crippen LogP contribution in [0.5, 0.6) is 0 Å². The molecule has 42 heavy (non-hydrogen) atoms. The van der Waals surface area contributed by atoms with E-state index >= 15 is 0 Å². The second-order valence-electron chi connectivity index (χ2n) is 11.8. The van der Waals surface area contributed by atoms with Gasteiger partial charge in [-0.05, 0) is 53.8 Å². The van der Waals surface area contributed by atoms with Gasteiger partial charge in [-0.25, -0.2) is 0 Å². The van der Waals surface area contributed by atoms with Crippen molar-refractivity contribution >= 4 is 82.3 Å². The first-order chi connectivity index (χ1) is 20.5. The van der Waals surface area contributed by atoms with Crippen molar-refractivity contribution in [3.8, 4) is 0 Å². The molecule has 0 atom stereocenters. The molecule has 4 aliphatic carbocycles. The average Bonchev–Trinajstić information content (AvgIpc) is 3.81. The maximum Gasteiger partial charge on any atom is 0.197 e. The predicted octanol–water partition coefficient (Wildman–Crippen LogP) is 9.60. The van der Waals surface area contributed by atoms with Gasteiger partial charge in [-0.2, -0.15) is 0 Å². The fourth-order valence-corrected chi connectivity index (χ4v) is 11.9. The number of hydrogen-bond acceptors (Lipinski definition) is 6. The predicted molar refractivity (Wildman–Crippen MR) is 173 cm³/mol. The molecule has 0 radical (unpaired) electrons. The highest BCUT2D eigenvalue weighted by molar-refractivity contribution is 7.39. The van der Waals surface area contributed by atoms with Gasteiger partial charge in [0.05, 0.1) is 19.7 Å². The van der Waals surface area contributed by atoms with E-state index in [4.69, 9.17) is 0 Å². The molecule has 0 amide bonds. The van der Waals surface area contributed by atoms with Gasteiger partial charge in [-0.3, -0.25) is 14.4 Å². The van der Waals surface area contributed by atoms with Gasteiger partial charge < -0.3 is 0 Å². The number of fused-ring (bicyclic) bond motifs is 8. The minimum atomic E-state index is -0.148. The molecule has 3 nitrogen and oxygen atoms in total. The van der Waals surface area contributed by atoms with Crippen LogP contribution in [0.4, 0.5) is 0 Å². The first-order valence-electron chi connectivity index (χ1n) is 14.5. The number of rotatable bonds is 2. The van der Waals surface area contributed by atoms with Crippen molar-refractivity contribution in [3.63, 3.8) is 0 Å². The third-order valence-electron chi connectivity index (χ3n) is 9.51. The number of benzene rings is 2. The van der Waals surface area contributed by atoms with Crippen molar-refractivity contribution in [1.29, 1.82) is 0 Å². The van der Waals surface area contributed by atoms with Crippen LogP contribution < -0.4 is 0 Å². The lowest BCUT2D eigenvalue weighted by Gasteiger charge is -2.36. The average molecular weight is 601 g/mol. The molecule has 4 aliphatic rings. The van der Waals surface area contributed by atoms with E-state index in [2.05, 4.69) is 18.2 Å². The van der Waals surface area contributed by atoms with Crippen LogP contribution in [0.15, 0.2) is 77.4 Å². The Labute approximate surface area is 254 Å². The van der Waals surface area contributed by atoms with Crippen molar-refractivity contribution in [2.24, 2.45) is 0 Å². The first-order valence-corrected chi connectivity index (χ1v) is 16.9. The summed E-state index contributed by atoms with van der Waals surface area (Å²) in [5, 5.41) is 0. The van der Waals surface area contributed by atoms with Crippen LogP contribution >= 0.6 is 34.0 Å². The Morgan fingerprint density at radius 2 is 1.40 bits per heavy atom. The van der Waals surface area contributed by atoms with E-state index in [9.17, 15) is 14.4 Å². The summed E-state index contributed by atoms with van der Waals surface area (Å²) in [6.45, 7) is 0. The van der Waals surface area contributed by atoms with Crippen molar-refractivity contribution < 1.29 is 14.4 Å². The molecule has 0 bridgehead atoms. The van der Waals surface area contributed by atoms with Gasteiger partial charge in [-0.1, -0.05) is 67.8 Å². The van der Waals surface area contributed by atoms with Gasteiger partial charge in [0, 0.05) is 48.6 Å². The van der Waals surface area contributed by atoms with Crippen LogP contribution in [-0.4, -0.2) is 17.3 Å². The van der Waals surface area contributed by atoms with Crippen LogP contribution in [0, 0.1) is 0 Å². The Bertz CT molecular complexity index is 2120. The number of carbonyl (C=O) groups is 3. The number of allylic oxidation sites excluding steroid dienone is 4. The lowest BCUT2D eigenvalue weighted by Crippen LogP contribution is -2.29. The molecule has 3 heterocycles. The highest BCUT2D eigenvalue weighted by Crippen LogP contribution is 2.59. The summed E-state index contributed by atoms with van der Waals surface area (Å²) in [4.78, 5) is 41.9. The topological polar surface area (TPSA) is 51.2 Å². The van der Waals surface area contributed by atoms with E-state index < -0.39 is 0 Å². The zero-order chi connectivity index (χ0) is 28.2. The molecular formula is C36H24O3S3. The van der Waals surface area contributed by atoms with Crippen molar-refractivity contribution in [3.05, 3.63) is 115 Å². The van der Waals surface area contributed by atoms with Gasteiger partial charge in [0.2, 0.25) is 0 Å². The zero-order valence-corrected chi connectivity index (χ0v) is 25.1. The highest BCUT2D eigenvalue weighted by Gasteiger charge is 2.46. The molecule has 0 saturated heterocycles. The number of carbonyl (C=O) groups excluding carboxylic acids is 3. The monoisotopic (exact) mass is 600 g/mol. The summed E-state index contributed by atoms with van der Waals surface area (Å²) in [6.07, 6.45) is 12.6. The molecule has 9 rings (SSSR count). The van der Waals surface area contributed by atoms with Crippen LogP contribution in [0.25, 0.3) is 31.0 Å². The molecule has 1 saturated carbocycles. The number of thiophene rings is 3. The highest BCUT2D eigenvalue weighted by atomic mass is 32.1. The van der Waals surface area contributed by atoms with Crippen molar-refractivity contribution in [2.45, 2.75) is 43.9 Å². The SMILES string of the molecule is O=C1/C(=C\c2cc3sc4c5c(sc4c3s2)C=C(C=C2C(=O)c3ccccc3C2=O)C52CCCCC2)Cc2ccccc21. The number of Topliss-reactive ketones (excluding diaryl/α,β-unsaturated/α-hetero) is 3. The molecule has 0 aliphatic heterocycles. The molecule has 1 fully saturated rings. The Balaban J connectivity index is 1.14. The van der Waals surface area contributed by atoms with Crippen LogP contribution in [0.2, 0.25) is 0 Å². The standard InChI is InChI=1S/C36H24O3S3/c37-30-20(14-19-8-2-3-9-23(19)30)15-22-18-28-33(40-22)35-34(42-28)29-27(41-35)17-21(36(29)12-6-1-7-13-36)16-26-31(38)24-10-4-5-11-25(24)32(26)39/h2-5,8-11,15-18H,1,6-7,12-14H2/b20-15-. The fraction of sp³-hybridized carbons (Fsp3) is 0.194. The van der Waals surface area contributed by atoms with Crippen molar-refractivity contribution in [2.75, 3.05) is 0 Å². The number of hydrogen-bond donors (Lipinski definition) is 0. The van der Waals surface area contributed by atoms with E-state index in [0.29, 0.717) is 23.1 Å². The van der Waals surface area contributed by atoms with E-state index in [-0.39, 0.29) is 22.8 Å². The molecule has 0 unspecified atom stereocenters. The Morgan fingerprint density at radius 1 is 0.690 bits per heavy atom. The molecule has 0 N–H and O–H groups in total. The summed E-state index contributed by atoms with van der Waals surface area (Å²) in [7, 11) is 0. The summed E-state index contributed by atoms with van der Waals surface area (Å²) >= 11 is 5.49. The summed E-state index contributed by atoms with van der Waals surface area (Å²) in [5.41, 5.74) is 6.58. The summed E-state index contributed by atoms with van der Waals surface area (Å²) in [5.74, 6) is -0.147. The molecule has 1 spiro atoms. The Hall–Kier alpha value is -3.71. The molecular weight excluding hydrogens is 577 g/mol. The quantitative estimate of drug-likeness (QED) is 0.150. The van der Waals surface area contributed by atoms with E-state index in [1.54, 1.807) is 23.5 Å². The summed E-state index contributed by atoms with van der Waals surface area (Å²) < 4.78 is 5.27. The Morgan fingerprint density at radius 3 is 2.14 bits per heavy atom.